The van der Waals surface area contributed by atoms with Crippen molar-refractivity contribution in [3.05, 3.63) is 45.1 Å². The lowest BCUT2D eigenvalue weighted by Crippen LogP contribution is -2.28. The molecule has 4 rings (SSSR count). The van der Waals surface area contributed by atoms with Crippen LogP contribution in [0.1, 0.15) is 32.1 Å². The van der Waals surface area contributed by atoms with E-state index >= 15 is 0 Å². The van der Waals surface area contributed by atoms with Crippen molar-refractivity contribution in [2.24, 2.45) is 0 Å². The van der Waals surface area contributed by atoms with Crippen LogP contribution in [0.2, 0.25) is 0 Å². The molecule has 0 bridgehead atoms. The van der Waals surface area contributed by atoms with E-state index in [2.05, 4.69) is 6.07 Å². The van der Waals surface area contributed by atoms with E-state index in [9.17, 15) is 4.79 Å². The van der Waals surface area contributed by atoms with Crippen LogP contribution in [0, 0.1) is 0 Å². The van der Waals surface area contributed by atoms with Crippen molar-refractivity contribution < 1.29 is 4.79 Å². The molecule has 1 aliphatic carbocycles. The Morgan fingerprint density at radius 1 is 1.25 bits per heavy atom. The van der Waals surface area contributed by atoms with Crippen molar-refractivity contribution in [2.75, 3.05) is 17.2 Å². The third kappa shape index (κ3) is 1.68. The lowest BCUT2D eigenvalue weighted by Gasteiger charge is -2.16. The molecule has 1 aromatic carbocycles. The molecule has 20 heavy (non-hydrogen) atoms. The molecule has 0 radical (unpaired) electrons. The highest BCUT2D eigenvalue weighted by atomic mass is 32.1. The first-order valence-electron chi connectivity index (χ1n) is 7.05. The summed E-state index contributed by atoms with van der Waals surface area (Å²) in [5.41, 5.74) is 10.3. The Labute approximate surface area is 122 Å². The first-order chi connectivity index (χ1) is 9.74. The summed E-state index contributed by atoms with van der Waals surface area (Å²) >= 11 is 1.67. The minimum absolute atomic E-state index is 0.133. The first kappa shape index (κ1) is 12.0. The van der Waals surface area contributed by atoms with Gasteiger partial charge in [0.25, 0.3) is 5.91 Å². The third-order valence-electron chi connectivity index (χ3n) is 4.27. The summed E-state index contributed by atoms with van der Waals surface area (Å²) in [5, 5.41) is 0. The van der Waals surface area contributed by atoms with Gasteiger partial charge >= 0.3 is 0 Å². The number of carbonyl (C=O) groups excluding carboxylic acids is 1. The largest absolute Gasteiger partial charge is 0.398 e. The van der Waals surface area contributed by atoms with E-state index < -0.39 is 0 Å². The summed E-state index contributed by atoms with van der Waals surface area (Å²) in [6, 6.07) is 7.93. The highest BCUT2D eigenvalue weighted by molar-refractivity contribution is 7.14. The van der Waals surface area contributed by atoms with Gasteiger partial charge in [-0.3, -0.25) is 4.79 Å². The van der Waals surface area contributed by atoms with E-state index in [1.807, 2.05) is 23.1 Å². The SMILES string of the molecule is Nc1cccc2c1CCN2C(=O)c1cc2c(s1)CCC2. The molecule has 2 aliphatic rings. The number of hydrogen-bond donors (Lipinski definition) is 1. The van der Waals surface area contributed by atoms with E-state index in [4.69, 9.17) is 5.73 Å². The van der Waals surface area contributed by atoms with Crippen molar-refractivity contribution in [1.82, 2.24) is 0 Å². The molecule has 3 nitrogen and oxygen atoms in total. The molecule has 0 spiro atoms. The number of rotatable bonds is 1. The fraction of sp³-hybridized carbons (Fsp3) is 0.312. The van der Waals surface area contributed by atoms with Crippen LogP contribution < -0.4 is 10.6 Å². The molecule has 1 aromatic heterocycles. The zero-order valence-corrected chi connectivity index (χ0v) is 12.0. The minimum Gasteiger partial charge on any atom is -0.398 e. The number of thiophene rings is 1. The van der Waals surface area contributed by atoms with E-state index in [0.29, 0.717) is 0 Å². The van der Waals surface area contributed by atoms with Crippen LogP contribution in [-0.4, -0.2) is 12.5 Å². The average Bonchev–Trinajstić information content (AvgIpc) is 3.11. The molecule has 0 saturated carbocycles. The second-order valence-corrected chi connectivity index (χ2v) is 6.60. The number of hydrogen-bond acceptors (Lipinski definition) is 3. The van der Waals surface area contributed by atoms with Gasteiger partial charge in [0.2, 0.25) is 0 Å². The van der Waals surface area contributed by atoms with Gasteiger partial charge in [-0.1, -0.05) is 6.07 Å². The number of aryl methyl sites for hydroxylation is 2. The number of fused-ring (bicyclic) bond motifs is 2. The fourth-order valence-electron chi connectivity index (χ4n) is 3.24. The Morgan fingerprint density at radius 2 is 2.15 bits per heavy atom. The van der Waals surface area contributed by atoms with Gasteiger partial charge in [0.15, 0.2) is 0 Å². The molecular weight excluding hydrogens is 268 g/mol. The van der Waals surface area contributed by atoms with Crippen LogP contribution in [0.5, 0.6) is 0 Å². The summed E-state index contributed by atoms with van der Waals surface area (Å²) in [4.78, 5) is 16.9. The summed E-state index contributed by atoms with van der Waals surface area (Å²) < 4.78 is 0. The van der Waals surface area contributed by atoms with Gasteiger partial charge in [0.05, 0.1) is 4.88 Å². The number of benzene rings is 1. The second kappa shape index (κ2) is 4.35. The van der Waals surface area contributed by atoms with Crippen LogP contribution in [0.3, 0.4) is 0 Å². The maximum absolute atomic E-state index is 12.7. The van der Waals surface area contributed by atoms with Crippen LogP contribution in [0.4, 0.5) is 11.4 Å². The third-order valence-corrected chi connectivity index (χ3v) is 5.49. The average molecular weight is 284 g/mol. The molecule has 4 heteroatoms. The lowest BCUT2D eigenvalue weighted by molar-refractivity contribution is 0.0993. The second-order valence-electron chi connectivity index (χ2n) is 5.46. The van der Waals surface area contributed by atoms with E-state index in [-0.39, 0.29) is 5.91 Å². The quantitative estimate of drug-likeness (QED) is 0.818. The molecule has 0 unspecified atom stereocenters. The molecule has 1 amide bonds. The number of nitrogens with two attached hydrogens (primary N) is 1. The lowest BCUT2D eigenvalue weighted by atomic mass is 10.1. The van der Waals surface area contributed by atoms with Crippen LogP contribution in [0.25, 0.3) is 0 Å². The molecule has 2 N–H and O–H groups in total. The normalized spacial score (nSPS) is 16.3. The van der Waals surface area contributed by atoms with Crippen molar-refractivity contribution in [2.45, 2.75) is 25.7 Å². The predicted molar refractivity (Wildman–Crippen MR) is 82.6 cm³/mol. The number of nitrogens with zero attached hydrogens (tertiary/aromatic N) is 1. The van der Waals surface area contributed by atoms with Gasteiger partial charge in [0.1, 0.15) is 0 Å². The Hall–Kier alpha value is -1.81. The van der Waals surface area contributed by atoms with Crippen molar-refractivity contribution in [3.8, 4) is 0 Å². The van der Waals surface area contributed by atoms with E-state index in [1.165, 1.54) is 16.9 Å². The van der Waals surface area contributed by atoms with Crippen LogP contribution in [-0.2, 0) is 19.3 Å². The van der Waals surface area contributed by atoms with Gasteiger partial charge < -0.3 is 10.6 Å². The van der Waals surface area contributed by atoms with Gasteiger partial charge in [0, 0.05) is 28.4 Å². The Kier molecular flexibility index (Phi) is 2.60. The maximum atomic E-state index is 12.7. The van der Waals surface area contributed by atoms with Crippen molar-refractivity contribution in [3.63, 3.8) is 0 Å². The fourth-order valence-corrected chi connectivity index (χ4v) is 4.44. The van der Waals surface area contributed by atoms with Crippen LogP contribution in [0.15, 0.2) is 24.3 Å². The summed E-state index contributed by atoms with van der Waals surface area (Å²) in [6.45, 7) is 0.741. The summed E-state index contributed by atoms with van der Waals surface area (Å²) in [7, 11) is 0. The molecule has 1 aliphatic heterocycles. The molecule has 102 valence electrons. The van der Waals surface area contributed by atoms with Crippen LogP contribution >= 0.6 is 11.3 Å². The predicted octanol–water partition coefficient (Wildman–Crippen LogP) is 3.02. The summed E-state index contributed by atoms with van der Waals surface area (Å²) in [6.07, 6.45) is 4.36. The van der Waals surface area contributed by atoms with Gasteiger partial charge in [-0.2, -0.15) is 0 Å². The zero-order valence-electron chi connectivity index (χ0n) is 11.2. The Bertz CT molecular complexity index is 683. The Balaban J connectivity index is 1.69. The number of amides is 1. The molecule has 0 saturated heterocycles. The smallest absolute Gasteiger partial charge is 0.268 e. The van der Waals surface area contributed by atoms with Crippen molar-refractivity contribution in [1.29, 1.82) is 0 Å². The summed E-state index contributed by atoms with van der Waals surface area (Å²) in [5.74, 6) is 0.133. The van der Waals surface area contributed by atoms with Gasteiger partial charge in [-0.05, 0) is 49.4 Å². The molecule has 2 aromatic rings. The molecular formula is C16H16N2OS. The highest BCUT2D eigenvalue weighted by Gasteiger charge is 2.28. The number of anilines is 2. The Morgan fingerprint density at radius 3 is 3.00 bits per heavy atom. The van der Waals surface area contributed by atoms with Gasteiger partial charge in [-0.15, -0.1) is 11.3 Å². The molecule has 0 fully saturated rings. The number of carbonyl (C=O) groups is 1. The van der Waals surface area contributed by atoms with Gasteiger partial charge in [-0.25, -0.2) is 0 Å². The zero-order chi connectivity index (χ0) is 13.7. The highest BCUT2D eigenvalue weighted by Crippen LogP contribution is 2.36. The maximum Gasteiger partial charge on any atom is 0.268 e. The van der Waals surface area contributed by atoms with E-state index in [0.717, 1.165) is 47.6 Å². The first-order valence-corrected chi connectivity index (χ1v) is 7.86. The molecule has 2 heterocycles. The minimum atomic E-state index is 0.133. The topological polar surface area (TPSA) is 46.3 Å². The number of nitrogen functional groups attached to an aromatic ring is 1. The van der Waals surface area contributed by atoms with E-state index in [1.54, 1.807) is 11.3 Å². The monoisotopic (exact) mass is 284 g/mol. The molecule has 0 atom stereocenters. The van der Waals surface area contributed by atoms with Crippen molar-refractivity contribution >= 4 is 28.6 Å². The standard InChI is InChI=1S/C16H16N2OS/c17-12-4-2-5-13-11(12)7-8-18(13)16(19)15-9-10-3-1-6-14(10)20-15/h2,4-5,9H,1,3,6-8,17H2.